The van der Waals surface area contributed by atoms with E-state index in [1.807, 2.05) is 6.92 Å². The van der Waals surface area contributed by atoms with E-state index in [0.717, 1.165) is 45.5 Å². The summed E-state index contributed by atoms with van der Waals surface area (Å²) in [6.07, 6.45) is 2.98. The molecular formula is C13H24N2O4. The number of hydrogen-bond donors (Lipinski definition) is 1. The lowest BCUT2D eigenvalue weighted by Gasteiger charge is -2.33. The van der Waals surface area contributed by atoms with Crippen molar-refractivity contribution in [2.75, 3.05) is 39.6 Å². The van der Waals surface area contributed by atoms with Gasteiger partial charge in [-0.05, 0) is 26.2 Å². The van der Waals surface area contributed by atoms with E-state index in [9.17, 15) is 4.79 Å². The Hall–Kier alpha value is -0.850. The summed E-state index contributed by atoms with van der Waals surface area (Å²) in [5.41, 5.74) is 0. The number of rotatable bonds is 4. The molecule has 1 atom stereocenters. The molecule has 6 nitrogen and oxygen atoms in total. The molecule has 2 rings (SSSR count). The molecule has 2 fully saturated rings. The third kappa shape index (κ3) is 4.63. The average molecular weight is 272 g/mol. The molecule has 0 radical (unpaired) electrons. The Kier molecular flexibility index (Phi) is 5.88. The van der Waals surface area contributed by atoms with Gasteiger partial charge in [0.15, 0.2) is 0 Å². The number of carbonyl (C=O) groups is 1. The summed E-state index contributed by atoms with van der Waals surface area (Å²) in [5.74, 6) is 0. The number of amides is 1. The second-order valence-electron chi connectivity index (χ2n) is 4.97. The van der Waals surface area contributed by atoms with Crippen LogP contribution in [0.15, 0.2) is 0 Å². The second kappa shape index (κ2) is 7.67. The van der Waals surface area contributed by atoms with Crippen molar-refractivity contribution in [2.24, 2.45) is 0 Å². The maximum absolute atomic E-state index is 11.6. The van der Waals surface area contributed by atoms with E-state index in [2.05, 4.69) is 5.32 Å². The zero-order valence-corrected chi connectivity index (χ0v) is 11.6. The Morgan fingerprint density at radius 2 is 2.16 bits per heavy atom. The van der Waals surface area contributed by atoms with Crippen LogP contribution in [0.4, 0.5) is 4.79 Å². The van der Waals surface area contributed by atoms with Crippen molar-refractivity contribution in [3.05, 3.63) is 0 Å². The van der Waals surface area contributed by atoms with Crippen LogP contribution in [-0.2, 0) is 14.2 Å². The van der Waals surface area contributed by atoms with E-state index in [-0.39, 0.29) is 12.2 Å². The van der Waals surface area contributed by atoms with E-state index < -0.39 is 0 Å². The monoisotopic (exact) mass is 272 g/mol. The third-order valence-electron chi connectivity index (χ3n) is 3.63. The molecule has 2 saturated heterocycles. The van der Waals surface area contributed by atoms with Gasteiger partial charge in [0.25, 0.3) is 0 Å². The van der Waals surface area contributed by atoms with E-state index >= 15 is 0 Å². The molecule has 110 valence electrons. The zero-order chi connectivity index (χ0) is 13.5. The highest BCUT2D eigenvalue weighted by Gasteiger charge is 2.24. The zero-order valence-electron chi connectivity index (χ0n) is 11.6. The van der Waals surface area contributed by atoms with Crippen LogP contribution in [0, 0.1) is 0 Å². The molecule has 0 aromatic carbocycles. The lowest BCUT2D eigenvalue weighted by molar-refractivity contribution is -0.137. The molecule has 0 bridgehead atoms. The molecule has 0 spiro atoms. The molecule has 0 aliphatic carbocycles. The van der Waals surface area contributed by atoms with Gasteiger partial charge in [-0.15, -0.1) is 0 Å². The lowest BCUT2D eigenvalue weighted by Crippen LogP contribution is -2.47. The highest BCUT2D eigenvalue weighted by atomic mass is 16.7. The molecule has 19 heavy (non-hydrogen) atoms. The van der Waals surface area contributed by atoms with Crippen LogP contribution < -0.4 is 5.32 Å². The predicted molar refractivity (Wildman–Crippen MR) is 69.9 cm³/mol. The fourth-order valence-corrected chi connectivity index (χ4v) is 2.44. The Labute approximate surface area is 114 Å². The van der Waals surface area contributed by atoms with Crippen LogP contribution in [0.5, 0.6) is 0 Å². The SMILES string of the molecule is CCOC(=O)N1CCC(NCC2CCOCO2)CC1. The molecule has 2 aliphatic rings. The normalized spacial score (nSPS) is 25.3. The number of piperidine rings is 1. The molecular weight excluding hydrogens is 248 g/mol. The maximum Gasteiger partial charge on any atom is 0.409 e. The number of ether oxygens (including phenoxy) is 3. The van der Waals surface area contributed by atoms with Gasteiger partial charge in [-0.25, -0.2) is 4.79 Å². The molecule has 2 heterocycles. The Bertz CT molecular complexity index is 274. The van der Waals surface area contributed by atoms with Crippen LogP contribution in [-0.4, -0.2) is 62.8 Å². The number of nitrogens with one attached hydrogen (secondary N) is 1. The van der Waals surface area contributed by atoms with Crippen molar-refractivity contribution in [1.82, 2.24) is 10.2 Å². The molecule has 0 aromatic heterocycles. The topological polar surface area (TPSA) is 60.0 Å². The Morgan fingerprint density at radius 3 is 2.79 bits per heavy atom. The lowest BCUT2D eigenvalue weighted by atomic mass is 10.1. The van der Waals surface area contributed by atoms with E-state index in [1.54, 1.807) is 4.90 Å². The first kappa shape index (κ1) is 14.6. The standard InChI is InChI=1S/C13H24N2O4/c1-2-18-13(16)15-6-3-11(4-7-15)14-9-12-5-8-17-10-19-12/h11-12,14H,2-10H2,1H3. The number of carbonyl (C=O) groups excluding carboxylic acids is 1. The molecule has 1 unspecified atom stereocenters. The first-order valence-electron chi connectivity index (χ1n) is 7.14. The molecule has 0 aromatic rings. The van der Waals surface area contributed by atoms with E-state index in [1.165, 1.54) is 0 Å². The summed E-state index contributed by atoms with van der Waals surface area (Å²) in [6.45, 7) is 5.88. The fraction of sp³-hybridized carbons (Fsp3) is 0.923. The minimum atomic E-state index is -0.186. The van der Waals surface area contributed by atoms with Gasteiger partial charge in [-0.2, -0.15) is 0 Å². The van der Waals surface area contributed by atoms with Crippen LogP contribution in [0.25, 0.3) is 0 Å². The first-order valence-corrected chi connectivity index (χ1v) is 7.14. The van der Waals surface area contributed by atoms with Crippen molar-refractivity contribution < 1.29 is 19.0 Å². The predicted octanol–water partition coefficient (Wildman–Crippen LogP) is 0.960. The van der Waals surface area contributed by atoms with Gasteiger partial charge in [-0.3, -0.25) is 0 Å². The van der Waals surface area contributed by atoms with Gasteiger partial charge in [0.1, 0.15) is 6.79 Å². The van der Waals surface area contributed by atoms with Gasteiger partial charge in [0.05, 0.1) is 19.3 Å². The fourth-order valence-electron chi connectivity index (χ4n) is 2.44. The summed E-state index contributed by atoms with van der Waals surface area (Å²) in [7, 11) is 0. The van der Waals surface area contributed by atoms with E-state index in [4.69, 9.17) is 14.2 Å². The van der Waals surface area contributed by atoms with Crippen molar-refractivity contribution in [3.63, 3.8) is 0 Å². The van der Waals surface area contributed by atoms with Crippen molar-refractivity contribution in [1.29, 1.82) is 0 Å². The summed E-state index contributed by atoms with van der Waals surface area (Å²) in [5, 5.41) is 3.52. The Morgan fingerprint density at radius 1 is 1.37 bits per heavy atom. The minimum absolute atomic E-state index is 0.186. The number of hydrogen-bond acceptors (Lipinski definition) is 5. The second-order valence-corrected chi connectivity index (χ2v) is 4.97. The number of nitrogens with zero attached hydrogens (tertiary/aromatic N) is 1. The van der Waals surface area contributed by atoms with Crippen LogP contribution in [0.3, 0.4) is 0 Å². The van der Waals surface area contributed by atoms with Gasteiger partial charge in [0, 0.05) is 25.7 Å². The summed E-state index contributed by atoms with van der Waals surface area (Å²) in [4.78, 5) is 13.3. The van der Waals surface area contributed by atoms with Crippen LogP contribution >= 0.6 is 0 Å². The van der Waals surface area contributed by atoms with Crippen molar-refractivity contribution in [3.8, 4) is 0 Å². The van der Waals surface area contributed by atoms with Gasteiger partial charge in [-0.1, -0.05) is 0 Å². The highest BCUT2D eigenvalue weighted by Crippen LogP contribution is 2.12. The van der Waals surface area contributed by atoms with Crippen molar-refractivity contribution in [2.45, 2.75) is 38.3 Å². The largest absolute Gasteiger partial charge is 0.450 e. The number of likely N-dealkylation sites (tertiary alicyclic amines) is 1. The quantitative estimate of drug-likeness (QED) is 0.826. The van der Waals surface area contributed by atoms with Crippen molar-refractivity contribution >= 4 is 6.09 Å². The Balaban J connectivity index is 1.61. The maximum atomic E-state index is 11.6. The van der Waals surface area contributed by atoms with Crippen LogP contribution in [0.1, 0.15) is 26.2 Å². The van der Waals surface area contributed by atoms with Gasteiger partial charge < -0.3 is 24.4 Å². The van der Waals surface area contributed by atoms with Gasteiger partial charge in [0.2, 0.25) is 0 Å². The summed E-state index contributed by atoms with van der Waals surface area (Å²) < 4.78 is 15.6. The first-order chi connectivity index (χ1) is 9.29. The molecule has 1 amide bonds. The van der Waals surface area contributed by atoms with E-state index in [0.29, 0.717) is 19.4 Å². The molecule has 2 aliphatic heterocycles. The smallest absolute Gasteiger partial charge is 0.409 e. The molecule has 0 saturated carbocycles. The summed E-state index contributed by atoms with van der Waals surface area (Å²) >= 11 is 0. The molecule has 6 heteroatoms. The average Bonchev–Trinajstić information content (AvgIpc) is 2.47. The highest BCUT2D eigenvalue weighted by molar-refractivity contribution is 5.67. The minimum Gasteiger partial charge on any atom is -0.450 e. The van der Waals surface area contributed by atoms with Crippen LogP contribution in [0.2, 0.25) is 0 Å². The summed E-state index contributed by atoms with van der Waals surface area (Å²) in [6, 6.07) is 0.470. The molecule has 1 N–H and O–H groups in total. The van der Waals surface area contributed by atoms with Gasteiger partial charge >= 0.3 is 6.09 Å². The third-order valence-corrected chi connectivity index (χ3v) is 3.63.